The Hall–Kier alpha value is -2.66. The lowest BCUT2D eigenvalue weighted by molar-refractivity contribution is 0.355. The van der Waals surface area contributed by atoms with Crippen molar-refractivity contribution >= 4 is 21.5 Å². The number of hydrogen-bond acceptors (Lipinski definition) is 5. The number of rotatable bonds is 4. The lowest BCUT2D eigenvalue weighted by atomic mass is 9.88. The molecule has 0 radical (unpaired) electrons. The van der Waals surface area contributed by atoms with Gasteiger partial charge in [-0.15, -0.1) is 0 Å². The summed E-state index contributed by atoms with van der Waals surface area (Å²) in [5.41, 5.74) is 2.67. The van der Waals surface area contributed by atoms with Gasteiger partial charge in [0.1, 0.15) is 0 Å². The molecule has 136 valence electrons. The first kappa shape index (κ1) is 16.8. The van der Waals surface area contributed by atoms with Gasteiger partial charge in [-0.05, 0) is 69.9 Å². The fraction of sp³-hybridized carbons (Fsp3) is 0.333. The molecule has 1 aliphatic rings. The molecule has 0 bridgehead atoms. The molecule has 1 heterocycles. The molecule has 0 fully saturated rings. The van der Waals surface area contributed by atoms with Crippen molar-refractivity contribution in [2.24, 2.45) is 0 Å². The summed E-state index contributed by atoms with van der Waals surface area (Å²) in [7, 11) is 6.67. The van der Waals surface area contributed by atoms with Gasteiger partial charge in [-0.1, -0.05) is 0 Å². The second-order valence-electron chi connectivity index (χ2n) is 6.39. The summed E-state index contributed by atoms with van der Waals surface area (Å²) in [4.78, 5) is 0. The van der Waals surface area contributed by atoms with Crippen molar-refractivity contribution in [3.63, 3.8) is 0 Å². The molecule has 0 aromatic heterocycles. The van der Waals surface area contributed by atoms with Crippen molar-refractivity contribution in [3.8, 4) is 23.0 Å². The van der Waals surface area contributed by atoms with Crippen molar-refractivity contribution < 1.29 is 18.9 Å². The van der Waals surface area contributed by atoms with Crippen LogP contribution in [0.2, 0.25) is 0 Å². The number of nitrogens with one attached hydrogen (secondary N) is 1. The van der Waals surface area contributed by atoms with Gasteiger partial charge >= 0.3 is 0 Å². The van der Waals surface area contributed by atoms with Crippen LogP contribution in [0.5, 0.6) is 23.0 Å². The van der Waals surface area contributed by atoms with Crippen LogP contribution in [0.1, 0.15) is 11.1 Å². The van der Waals surface area contributed by atoms with Crippen LogP contribution in [-0.2, 0) is 13.0 Å². The topological polar surface area (TPSA) is 49.0 Å². The zero-order valence-electron chi connectivity index (χ0n) is 15.6. The van der Waals surface area contributed by atoms with Crippen molar-refractivity contribution in [2.75, 3.05) is 35.0 Å². The van der Waals surface area contributed by atoms with Crippen LogP contribution in [0.15, 0.2) is 24.3 Å². The molecule has 0 unspecified atom stereocenters. The Morgan fingerprint density at radius 1 is 0.615 bits per heavy atom. The molecule has 26 heavy (non-hydrogen) atoms. The third-order valence-electron chi connectivity index (χ3n) is 5.21. The van der Waals surface area contributed by atoms with E-state index in [1.54, 1.807) is 28.4 Å². The summed E-state index contributed by atoms with van der Waals surface area (Å²) < 4.78 is 22.2. The summed E-state index contributed by atoms with van der Waals surface area (Å²) in [6, 6.07) is 8.28. The predicted molar refractivity (Wildman–Crippen MR) is 103 cm³/mol. The highest BCUT2D eigenvalue weighted by molar-refractivity contribution is 6.12. The number of hydrogen-bond donors (Lipinski definition) is 1. The van der Waals surface area contributed by atoms with Crippen LogP contribution in [0.25, 0.3) is 21.5 Å². The number of fused-ring (bicyclic) bond motifs is 6. The van der Waals surface area contributed by atoms with E-state index in [-0.39, 0.29) is 0 Å². The van der Waals surface area contributed by atoms with E-state index in [2.05, 4.69) is 29.6 Å². The van der Waals surface area contributed by atoms with Gasteiger partial charge in [0.15, 0.2) is 23.0 Å². The maximum atomic E-state index is 5.55. The van der Waals surface area contributed by atoms with Crippen LogP contribution < -0.4 is 24.3 Å². The van der Waals surface area contributed by atoms with Gasteiger partial charge in [0.2, 0.25) is 0 Å². The van der Waals surface area contributed by atoms with Crippen LogP contribution in [0.4, 0.5) is 0 Å². The third-order valence-corrected chi connectivity index (χ3v) is 5.21. The van der Waals surface area contributed by atoms with Gasteiger partial charge in [-0.3, -0.25) is 0 Å². The molecule has 0 aliphatic carbocycles. The Morgan fingerprint density at radius 2 is 1.04 bits per heavy atom. The van der Waals surface area contributed by atoms with Crippen molar-refractivity contribution in [1.82, 2.24) is 5.32 Å². The molecule has 3 aromatic carbocycles. The van der Waals surface area contributed by atoms with Crippen molar-refractivity contribution in [3.05, 3.63) is 35.4 Å². The number of ether oxygens (including phenoxy) is 4. The summed E-state index contributed by atoms with van der Waals surface area (Å²) in [6.45, 7) is 1.81. The monoisotopic (exact) mass is 353 g/mol. The molecule has 0 amide bonds. The Balaban J connectivity index is 2.18. The zero-order valence-corrected chi connectivity index (χ0v) is 15.6. The highest BCUT2D eigenvalue weighted by atomic mass is 16.5. The molecule has 5 heteroatoms. The summed E-state index contributed by atoms with van der Waals surface area (Å²) >= 11 is 0. The first-order chi connectivity index (χ1) is 12.7. The van der Waals surface area contributed by atoms with E-state index in [9.17, 15) is 0 Å². The van der Waals surface area contributed by atoms with Gasteiger partial charge in [0.25, 0.3) is 0 Å². The van der Waals surface area contributed by atoms with E-state index in [4.69, 9.17) is 18.9 Å². The second-order valence-corrected chi connectivity index (χ2v) is 6.39. The average molecular weight is 353 g/mol. The van der Waals surface area contributed by atoms with E-state index in [0.29, 0.717) is 0 Å². The minimum atomic E-state index is 0.722. The molecular formula is C21H23NO4. The van der Waals surface area contributed by atoms with Gasteiger partial charge < -0.3 is 24.3 Å². The fourth-order valence-electron chi connectivity index (χ4n) is 3.94. The van der Waals surface area contributed by atoms with E-state index in [0.717, 1.165) is 53.3 Å². The van der Waals surface area contributed by atoms with Crippen LogP contribution >= 0.6 is 0 Å². The molecule has 0 atom stereocenters. The normalized spacial score (nSPS) is 13.5. The Morgan fingerprint density at radius 3 is 1.50 bits per heavy atom. The first-order valence-electron chi connectivity index (χ1n) is 8.67. The molecule has 5 nitrogen and oxygen atoms in total. The summed E-state index contributed by atoms with van der Waals surface area (Å²) in [5, 5.41) is 8.14. The average Bonchev–Trinajstić information content (AvgIpc) is 2.71. The zero-order chi connectivity index (χ0) is 18.3. The highest BCUT2D eigenvalue weighted by Crippen LogP contribution is 2.43. The van der Waals surface area contributed by atoms with Crippen LogP contribution in [0, 0.1) is 0 Å². The van der Waals surface area contributed by atoms with E-state index >= 15 is 0 Å². The molecular weight excluding hydrogens is 330 g/mol. The third kappa shape index (κ3) is 2.42. The molecule has 0 saturated heterocycles. The van der Waals surface area contributed by atoms with E-state index in [1.807, 2.05) is 0 Å². The fourth-order valence-corrected chi connectivity index (χ4v) is 3.94. The van der Waals surface area contributed by atoms with Gasteiger partial charge in [-0.2, -0.15) is 0 Å². The van der Waals surface area contributed by atoms with Crippen molar-refractivity contribution in [2.45, 2.75) is 13.0 Å². The lowest BCUT2D eigenvalue weighted by Gasteiger charge is -2.24. The Kier molecular flexibility index (Phi) is 4.24. The quantitative estimate of drug-likeness (QED) is 0.725. The van der Waals surface area contributed by atoms with Crippen LogP contribution in [-0.4, -0.2) is 35.0 Å². The van der Waals surface area contributed by atoms with Crippen molar-refractivity contribution in [1.29, 1.82) is 0 Å². The van der Waals surface area contributed by atoms with E-state index in [1.165, 1.54) is 21.9 Å². The summed E-state index contributed by atoms with van der Waals surface area (Å²) in [5.74, 6) is 2.94. The SMILES string of the molecule is COc1cc2c3c(c4cc(OC)c(OC)cc4c2cc1OC)CNCC3. The Bertz CT molecular complexity index is 916. The van der Waals surface area contributed by atoms with Gasteiger partial charge in [0.05, 0.1) is 28.4 Å². The maximum Gasteiger partial charge on any atom is 0.161 e. The summed E-state index contributed by atoms with van der Waals surface area (Å²) in [6.07, 6.45) is 0.978. The molecule has 1 N–H and O–H groups in total. The van der Waals surface area contributed by atoms with Gasteiger partial charge in [0, 0.05) is 6.54 Å². The Labute approximate surface area is 152 Å². The first-order valence-corrected chi connectivity index (χ1v) is 8.67. The number of benzene rings is 3. The predicted octanol–water partition coefficient (Wildman–Crippen LogP) is 3.67. The molecule has 4 rings (SSSR count). The van der Waals surface area contributed by atoms with Crippen LogP contribution in [0.3, 0.4) is 0 Å². The van der Waals surface area contributed by atoms with Gasteiger partial charge in [-0.25, -0.2) is 0 Å². The molecule has 0 saturated carbocycles. The smallest absolute Gasteiger partial charge is 0.161 e. The molecule has 0 spiro atoms. The van der Waals surface area contributed by atoms with E-state index < -0.39 is 0 Å². The lowest BCUT2D eigenvalue weighted by Crippen LogP contribution is -2.24. The molecule has 1 aliphatic heterocycles. The maximum absolute atomic E-state index is 5.55. The minimum absolute atomic E-state index is 0.722. The highest BCUT2D eigenvalue weighted by Gasteiger charge is 2.21. The number of methoxy groups -OCH3 is 4. The molecule has 3 aromatic rings. The second kappa shape index (κ2) is 6.57. The minimum Gasteiger partial charge on any atom is -0.493 e. The largest absolute Gasteiger partial charge is 0.493 e. The standard InChI is InChI=1S/C21H23NO4/c1-23-18-7-13-12-5-6-22-11-17(12)16-10-21(26-4)20(25-3)9-15(16)14(13)8-19(18)24-2/h7-10,22H,5-6,11H2,1-4H3.